The van der Waals surface area contributed by atoms with Crippen molar-refractivity contribution < 1.29 is 19.1 Å². The molecule has 1 saturated heterocycles. The molecule has 0 spiro atoms. The molecule has 3 amide bonds. The molecule has 3 aromatic carbocycles. The number of carbonyl (C=O) groups is 3. The van der Waals surface area contributed by atoms with Gasteiger partial charge in [-0.25, -0.2) is 9.69 Å². The molecule has 1 unspecified atom stereocenters. The zero-order valence-electron chi connectivity index (χ0n) is 15.0. The number of ether oxygens (including phenoxy) is 1. The number of benzene rings is 3. The average Bonchev–Trinajstić information content (AvgIpc) is 3.05. The number of carbonyl (C=O) groups excluding carboxylic acids is 3. The predicted octanol–water partition coefficient (Wildman–Crippen LogP) is 3.29. The van der Waals surface area contributed by atoms with E-state index in [1.54, 1.807) is 6.07 Å². The number of hydrogen-bond donors (Lipinski definition) is 1. The van der Waals surface area contributed by atoms with Crippen molar-refractivity contribution in [2.45, 2.75) is 6.04 Å². The van der Waals surface area contributed by atoms with E-state index in [4.69, 9.17) is 4.74 Å². The average molecular weight is 374 g/mol. The molecule has 0 bridgehead atoms. The molecule has 1 aliphatic rings. The number of cyclic esters (lactones) is 1. The molecule has 140 valence electrons. The van der Waals surface area contributed by atoms with E-state index in [-0.39, 0.29) is 19.1 Å². The van der Waals surface area contributed by atoms with Crippen molar-refractivity contribution >= 4 is 28.7 Å². The minimum atomic E-state index is -0.689. The zero-order valence-corrected chi connectivity index (χ0v) is 15.0. The lowest BCUT2D eigenvalue weighted by Gasteiger charge is -2.23. The Labute approximate surface area is 161 Å². The highest BCUT2D eigenvalue weighted by Gasteiger charge is 2.33. The standard InChI is InChI=1S/C22H18N2O4/c25-20-14-28-22(27)24(20)13-19(16-7-2-1-3-8-16)23-21(26)18-11-10-15-6-4-5-9-17(15)12-18/h1-12,19H,13-14H2,(H,23,26). The van der Waals surface area contributed by atoms with Gasteiger partial charge in [0.1, 0.15) is 0 Å². The Morgan fingerprint density at radius 2 is 1.68 bits per heavy atom. The summed E-state index contributed by atoms with van der Waals surface area (Å²) < 4.78 is 4.78. The third-order valence-corrected chi connectivity index (χ3v) is 4.72. The SMILES string of the molecule is O=C(NC(CN1C(=O)COC1=O)c1ccccc1)c1ccc2ccccc2c1. The Bertz CT molecular complexity index is 1030. The number of fused-ring (bicyclic) bond motifs is 1. The fraction of sp³-hybridized carbons (Fsp3) is 0.136. The molecule has 3 aromatic rings. The van der Waals surface area contributed by atoms with Gasteiger partial charge in [-0.15, -0.1) is 0 Å². The quantitative estimate of drug-likeness (QED) is 0.744. The van der Waals surface area contributed by atoms with Crippen molar-refractivity contribution in [3.05, 3.63) is 83.9 Å². The third kappa shape index (κ3) is 3.57. The normalized spacial score (nSPS) is 14.8. The van der Waals surface area contributed by atoms with Gasteiger partial charge in [-0.1, -0.05) is 60.7 Å². The first-order valence-corrected chi connectivity index (χ1v) is 8.93. The maximum Gasteiger partial charge on any atom is 0.417 e. The van der Waals surface area contributed by atoms with E-state index in [1.807, 2.05) is 66.7 Å². The van der Waals surface area contributed by atoms with Crippen LogP contribution >= 0.6 is 0 Å². The van der Waals surface area contributed by atoms with Crippen LogP contribution in [0.1, 0.15) is 22.0 Å². The Morgan fingerprint density at radius 3 is 2.39 bits per heavy atom. The number of rotatable bonds is 5. The molecule has 6 nitrogen and oxygen atoms in total. The van der Waals surface area contributed by atoms with E-state index in [1.165, 1.54) is 0 Å². The van der Waals surface area contributed by atoms with Gasteiger partial charge in [-0.05, 0) is 28.5 Å². The molecule has 1 atom stereocenters. The fourth-order valence-corrected chi connectivity index (χ4v) is 3.23. The van der Waals surface area contributed by atoms with Gasteiger partial charge < -0.3 is 10.1 Å². The third-order valence-electron chi connectivity index (χ3n) is 4.72. The van der Waals surface area contributed by atoms with Crippen LogP contribution in [0, 0.1) is 0 Å². The second kappa shape index (κ2) is 7.52. The second-order valence-corrected chi connectivity index (χ2v) is 6.56. The lowest BCUT2D eigenvalue weighted by atomic mass is 10.0. The van der Waals surface area contributed by atoms with E-state index in [9.17, 15) is 14.4 Å². The summed E-state index contributed by atoms with van der Waals surface area (Å²) in [4.78, 5) is 37.6. The number of imide groups is 1. The second-order valence-electron chi connectivity index (χ2n) is 6.56. The number of hydrogen-bond acceptors (Lipinski definition) is 4. The fourth-order valence-electron chi connectivity index (χ4n) is 3.23. The summed E-state index contributed by atoms with van der Waals surface area (Å²) in [5.41, 5.74) is 1.30. The summed E-state index contributed by atoms with van der Waals surface area (Å²) >= 11 is 0. The molecule has 0 aromatic heterocycles. The Kier molecular flexibility index (Phi) is 4.76. The monoisotopic (exact) mass is 374 g/mol. The molecule has 1 heterocycles. The molecule has 1 aliphatic heterocycles. The number of nitrogens with zero attached hydrogens (tertiary/aromatic N) is 1. The minimum absolute atomic E-state index is 0.0149. The molecule has 1 fully saturated rings. The first kappa shape index (κ1) is 17.7. The zero-order chi connectivity index (χ0) is 19.5. The largest absolute Gasteiger partial charge is 0.439 e. The van der Waals surface area contributed by atoms with Crippen molar-refractivity contribution in [2.75, 3.05) is 13.2 Å². The molecule has 4 rings (SSSR count). The van der Waals surface area contributed by atoms with Crippen LogP contribution in [0.3, 0.4) is 0 Å². The van der Waals surface area contributed by atoms with E-state index in [0.717, 1.165) is 21.2 Å². The number of amides is 3. The van der Waals surface area contributed by atoms with Crippen molar-refractivity contribution in [1.82, 2.24) is 10.2 Å². The van der Waals surface area contributed by atoms with Gasteiger partial charge in [-0.2, -0.15) is 0 Å². The van der Waals surface area contributed by atoms with Gasteiger partial charge in [0.15, 0.2) is 6.61 Å². The first-order chi connectivity index (χ1) is 13.6. The minimum Gasteiger partial charge on any atom is -0.439 e. The lowest BCUT2D eigenvalue weighted by Crippen LogP contribution is -2.40. The Balaban J connectivity index is 1.59. The number of nitrogens with one attached hydrogen (secondary N) is 1. The highest BCUT2D eigenvalue weighted by molar-refractivity contribution is 5.99. The molecule has 1 N–H and O–H groups in total. The maximum atomic E-state index is 12.9. The highest BCUT2D eigenvalue weighted by Crippen LogP contribution is 2.20. The summed E-state index contributed by atoms with van der Waals surface area (Å²) in [6.45, 7) is -0.250. The van der Waals surface area contributed by atoms with Crippen LogP contribution in [0.25, 0.3) is 10.8 Å². The van der Waals surface area contributed by atoms with Crippen LogP contribution in [-0.2, 0) is 9.53 Å². The van der Waals surface area contributed by atoms with Crippen molar-refractivity contribution in [3.8, 4) is 0 Å². The van der Waals surface area contributed by atoms with E-state index < -0.39 is 18.0 Å². The summed E-state index contributed by atoms with van der Waals surface area (Å²) in [7, 11) is 0. The molecular formula is C22H18N2O4. The van der Waals surface area contributed by atoms with Crippen LogP contribution in [-0.4, -0.2) is 36.0 Å². The lowest BCUT2D eigenvalue weighted by molar-refractivity contribution is -0.126. The van der Waals surface area contributed by atoms with Crippen molar-refractivity contribution in [3.63, 3.8) is 0 Å². The van der Waals surface area contributed by atoms with E-state index >= 15 is 0 Å². The predicted molar refractivity (Wildman–Crippen MR) is 104 cm³/mol. The molecule has 0 saturated carbocycles. The van der Waals surface area contributed by atoms with Gasteiger partial charge in [0.05, 0.1) is 12.6 Å². The summed E-state index contributed by atoms with van der Waals surface area (Å²) in [5.74, 6) is -0.689. The van der Waals surface area contributed by atoms with Crippen molar-refractivity contribution in [2.24, 2.45) is 0 Å². The smallest absolute Gasteiger partial charge is 0.417 e. The van der Waals surface area contributed by atoms with Crippen LogP contribution in [0.5, 0.6) is 0 Å². The first-order valence-electron chi connectivity index (χ1n) is 8.93. The van der Waals surface area contributed by atoms with E-state index in [0.29, 0.717) is 5.56 Å². The van der Waals surface area contributed by atoms with Crippen LogP contribution in [0.4, 0.5) is 4.79 Å². The topological polar surface area (TPSA) is 75.7 Å². The molecule has 0 radical (unpaired) electrons. The molecule has 28 heavy (non-hydrogen) atoms. The van der Waals surface area contributed by atoms with Gasteiger partial charge in [0.25, 0.3) is 11.8 Å². The molecule has 0 aliphatic carbocycles. The highest BCUT2D eigenvalue weighted by atomic mass is 16.6. The summed E-state index contributed by atoms with van der Waals surface area (Å²) in [6.07, 6.45) is -0.689. The van der Waals surface area contributed by atoms with Crippen molar-refractivity contribution in [1.29, 1.82) is 0 Å². The maximum absolute atomic E-state index is 12.9. The van der Waals surface area contributed by atoms with Crippen LogP contribution in [0.2, 0.25) is 0 Å². The molecular weight excluding hydrogens is 356 g/mol. The summed E-state index contributed by atoms with van der Waals surface area (Å²) in [5, 5.41) is 4.95. The van der Waals surface area contributed by atoms with Gasteiger partial charge in [0.2, 0.25) is 0 Å². The summed E-state index contributed by atoms with van der Waals surface area (Å²) in [6, 6.07) is 21.9. The Morgan fingerprint density at radius 1 is 0.964 bits per heavy atom. The van der Waals surface area contributed by atoms with Crippen LogP contribution < -0.4 is 5.32 Å². The molecule has 6 heteroatoms. The van der Waals surface area contributed by atoms with Gasteiger partial charge in [-0.3, -0.25) is 9.59 Å². The van der Waals surface area contributed by atoms with Gasteiger partial charge >= 0.3 is 6.09 Å². The van der Waals surface area contributed by atoms with Gasteiger partial charge in [0, 0.05) is 5.56 Å². The van der Waals surface area contributed by atoms with E-state index in [2.05, 4.69) is 5.32 Å². The Hall–Kier alpha value is -3.67. The van der Waals surface area contributed by atoms with Crippen LogP contribution in [0.15, 0.2) is 72.8 Å².